The topological polar surface area (TPSA) is 16.4 Å². The molecule has 0 fully saturated rings. The van der Waals surface area contributed by atoms with Crippen molar-refractivity contribution in [3.63, 3.8) is 0 Å². The SMILES string of the molecule is [2H]c1ccc2oc3c([2H])c([2H])c4cc(-c5ccc(N(c6ccc(-c7ccccc7)cc6)c6ccccc6-c6ccc(-c7ccccc7)cc6)cc5)cc([2H])c4c3c2c1[2H]. The molecule has 2 heteroatoms. The Balaban J connectivity index is 1.08. The molecule has 0 bridgehead atoms. The zero-order chi connectivity index (χ0) is 40.2. The summed E-state index contributed by atoms with van der Waals surface area (Å²) < 4.78 is 49.9. The standard InChI is InChI=1S/C52H35NO/c1-3-11-36(12-4-1)38-19-21-41(22-20-38)46-15-7-9-17-49(46)53(44-29-23-39(24-30-44)37-13-5-2-6-14-37)45-31-25-40(26-32-45)42-27-33-47-43(35-42)28-34-51-52(47)48-16-8-10-18-50(48)54-51/h1-35H/i8D,16D,28D,33D,34D. The highest BCUT2D eigenvalue weighted by molar-refractivity contribution is 6.19. The molecule has 0 radical (unpaired) electrons. The number of para-hydroxylation sites is 2. The first-order chi connectivity index (χ1) is 28.8. The van der Waals surface area contributed by atoms with Crippen molar-refractivity contribution < 1.29 is 11.3 Å². The van der Waals surface area contributed by atoms with Gasteiger partial charge in [0.15, 0.2) is 0 Å². The van der Waals surface area contributed by atoms with Gasteiger partial charge >= 0.3 is 0 Å². The van der Waals surface area contributed by atoms with Crippen molar-refractivity contribution in [3.8, 4) is 44.5 Å². The Morgan fingerprint density at radius 2 is 0.944 bits per heavy atom. The Bertz CT molecular complexity index is 3180. The highest BCUT2D eigenvalue weighted by atomic mass is 16.3. The van der Waals surface area contributed by atoms with E-state index in [1.807, 2.05) is 42.5 Å². The first-order valence-electron chi connectivity index (χ1n) is 20.5. The van der Waals surface area contributed by atoms with Gasteiger partial charge in [-0.1, -0.05) is 164 Å². The van der Waals surface area contributed by atoms with Crippen LogP contribution in [0.1, 0.15) is 6.85 Å². The molecule has 0 saturated heterocycles. The van der Waals surface area contributed by atoms with Gasteiger partial charge < -0.3 is 9.32 Å². The molecule has 0 unspecified atom stereocenters. The Kier molecular flexibility index (Phi) is 6.61. The molecule has 254 valence electrons. The Hall–Kier alpha value is -7.16. The van der Waals surface area contributed by atoms with E-state index in [0.29, 0.717) is 27.1 Å². The molecule has 10 rings (SSSR count). The van der Waals surface area contributed by atoms with Gasteiger partial charge in [0, 0.05) is 27.7 Å². The van der Waals surface area contributed by atoms with Crippen molar-refractivity contribution >= 4 is 49.8 Å². The first kappa shape index (κ1) is 26.6. The first-order valence-corrected chi connectivity index (χ1v) is 18.0. The molecule has 0 aliphatic carbocycles. The molecule has 54 heavy (non-hydrogen) atoms. The maximum absolute atomic E-state index is 9.22. The molecule has 1 aromatic heterocycles. The van der Waals surface area contributed by atoms with Gasteiger partial charge in [-0.25, -0.2) is 0 Å². The Labute approximate surface area is 321 Å². The van der Waals surface area contributed by atoms with Crippen LogP contribution in [0.25, 0.3) is 77.2 Å². The van der Waals surface area contributed by atoms with E-state index in [-0.39, 0.29) is 35.8 Å². The lowest BCUT2D eigenvalue weighted by Crippen LogP contribution is -2.11. The van der Waals surface area contributed by atoms with E-state index in [4.69, 9.17) is 9.90 Å². The molecule has 0 aliphatic rings. The highest BCUT2D eigenvalue weighted by Gasteiger charge is 2.18. The number of nitrogens with zero attached hydrogens (tertiary/aromatic N) is 1. The third kappa shape index (κ3) is 5.71. The average Bonchev–Trinajstić information content (AvgIpc) is 3.68. The third-order valence-electron chi connectivity index (χ3n) is 10.1. The lowest BCUT2D eigenvalue weighted by Gasteiger charge is -2.28. The van der Waals surface area contributed by atoms with Crippen molar-refractivity contribution in [1.29, 1.82) is 0 Å². The van der Waals surface area contributed by atoms with Crippen LogP contribution in [0.4, 0.5) is 17.1 Å². The fraction of sp³-hybridized carbons (Fsp3) is 0. The molecule has 10 aromatic rings. The number of hydrogen-bond donors (Lipinski definition) is 0. The van der Waals surface area contributed by atoms with Crippen molar-refractivity contribution in [1.82, 2.24) is 0 Å². The Morgan fingerprint density at radius 3 is 1.61 bits per heavy atom. The molecule has 9 aromatic carbocycles. The summed E-state index contributed by atoms with van der Waals surface area (Å²) in [5, 5.41) is 1.70. The zero-order valence-electron chi connectivity index (χ0n) is 34.2. The summed E-state index contributed by atoms with van der Waals surface area (Å²) in [6.07, 6.45) is 0. The van der Waals surface area contributed by atoms with Gasteiger partial charge in [0.25, 0.3) is 0 Å². The Morgan fingerprint density at radius 1 is 0.389 bits per heavy atom. The van der Waals surface area contributed by atoms with Gasteiger partial charge in [0.2, 0.25) is 0 Å². The smallest absolute Gasteiger partial charge is 0.136 e. The lowest BCUT2D eigenvalue weighted by molar-refractivity contribution is 0.669. The number of anilines is 3. The molecule has 2 nitrogen and oxygen atoms in total. The van der Waals surface area contributed by atoms with Gasteiger partial charge in [-0.3, -0.25) is 0 Å². The number of hydrogen-bond acceptors (Lipinski definition) is 2. The zero-order valence-corrected chi connectivity index (χ0v) is 29.2. The van der Waals surface area contributed by atoms with Gasteiger partial charge in [-0.05, 0) is 98.2 Å². The van der Waals surface area contributed by atoms with Gasteiger partial charge in [-0.15, -0.1) is 0 Å². The second kappa shape index (κ2) is 13.4. The highest BCUT2D eigenvalue weighted by Crippen LogP contribution is 2.43. The quantitative estimate of drug-likeness (QED) is 0.165. The van der Waals surface area contributed by atoms with E-state index < -0.39 is 0 Å². The summed E-state index contributed by atoms with van der Waals surface area (Å²) in [5.41, 5.74) is 11.8. The molecule has 0 amide bonds. The maximum atomic E-state index is 9.22. The second-order valence-corrected chi connectivity index (χ2v) is 13.3. The van der Waals surface area contributed by atoms with E-state index in [0.717, 1.165) is 56.0 Å². The summed E-state index contributed by atoms with van der Waals surface area (Å²) in [4.78, 5) is 2.27. The largest absolute Gasteiger partial charge is 0.456 e. The third-order valence-corrected chi connectivity index (χ3v) is 10.1. The molecule has 0 atom stereocenters. The predicted molar refractivity (Wildman–Crippen MR) is 228 cm³/mol. The molecule has 0 spiro atoms. The summed E-state index contributed by atoms with van der Waals surface area (Å²) in [6, 6.07) is 61.5. The van der Waals surface area contributed by atoms with Crippen LogP contribution in [0.5, 0.6) is 0 Å². The second-order valence-electron chi connectivity index (χ2n) is 13.3. The molecule has 1 heterocycles. The van der Waals surface area contributed by atoms with E-state index in [1.165, 1.54) is 11.6 Å². The van der Waals surface area contributed by atoms with E-state index in [2.05, 4.69) is 126 Å². The van der Waals surface area contributed by atoms with Crippen LogP contribution in [0, 0.1) is 0 Å². The van der Waals surface area contributed by atoms with Gasteiger partial charge in [-0.2, -0.15) is 0 Å². The average molecular weight is 695 g/mol. The minimum Gasteiger partial charge on any atom is -0.456 e. The van der Waals surface area contributed by atoms with E-state index in [1.54, 1.807) is 12.1 Å². The number of rotatable bonds is 7. The maximum Gasteiger partial charge on any atom is 0.136 e. The van der Waals surface area contributed by atoms with Crippen molar-refractivity contribution in [3.05, 3.63) is 212 Å². The van der Waals surface area contributed by atoms with E-state index in [9.17, 15) is 1.37 Å². The van der Waals surface area contributed by atoms with Crippen LogP contribution in [0.3, 0.4) is 0 Å². The van der Waals surface area contributed by atoms with Crippen LogP contribution < -0.4 is 4.90 Å². The number of furan rings is 1. The lowest BCUT2D eigenvalue weighted by atomic mass is 9.97. The predicted octanol–water partition coefficient (Wildman–Crippen LogP) is 14.9. The van der Waals surface area contributed by atoms with Gasteiger partial charge in [0.1, 0.15) is 11.2 Å². The molecular weight excluding hydrogens is 655 g/mol. The fourth-order valence-corrected chi connectivity index (χ4v) is 7.39. The number of benzene rings is 9. The minimum absolute atomic E-state index is 0.0243. The van der Waals surface area contributed by atoms with Crippen LogP contribution in [0.15, 0.2) is 217 Å². The van der Waals surface area contributed by atoms with Crippen LogP contribution in [0.2, 0.25) is 0 Å². The summed E-state index contributed by atoms with van der Waals surface area (Å²) in [5.74, 6) is 0. The summed E-state index contributed by atoms with van der Waals surface area (Å²) >= 11 is 0. The molecule has 0 aliphatic heterocycles. The van der Waals surface area contributed by atoms with E-state index >= 15 is 0 Å². The van der Waals surface area contributed by atoms with Crippen molar-refractivity contribution in [2.75, 3.05) is 4.90 Å². The summed E-state index contributed by atoms with van der Waals surface area (Å²) in [7, 11) is 0. The minimum atomic E-state index is -0.108. The van der Waals surface area contributed by atoms with Crippen molar-refractivity contribution in [2.24, 2.45) is 0 Å². The van der Waals surface area contributed by atoms with Crippen LogP contribution in [-0.2, 0) is 0 Å². The molecule has 0 N–H and O–H groups in total. The summed E-state index contributed by atoms with van der Waals surface area (Å²) in [6.45, 7) is 0. The number of fused-ring (bicyclic) bond motifs is 5. The van der Waals surface area contributed by atoms with Crippen LogP contribution >= 0.6 is 0 Å². The monoisotopic (exact) mass is 694 g/mol. The van der Waals surface area contributed by atoms with Crippen molar-refractivity contribution in [2.45, 2.75) is 0 Å². The molecule has 0 saturated carbocycles. The fourth-order valence-electron chi connectivity index (χ4n) is 7.39. The normalized spacial score (nSPS) is 12.6. The van der Waals surface area contributed by atoms with Crippen LogP contribution in [-0.4, -0.2) is 0 Å². The van der Waals surface area contributed by atoms with Gasteiger partial charge in [0.05, 0.1) is 12.5 Å². The molecular formula is C52H35NO.